The van der Waals surface area contributed by atoms with E-state index in [0.29, 0.717) is 63.5 Å². The molecule has 0 saturated heterocycles. The Morgan fingerprint density at radius 2 is 1.11 bits per heavy atom. The molecule has 27 heteroatoms. The van der Waals surface area contributed by atoms with Gasteiger partial charge in [-0.3, -0.25) is 57.5 Å². The summed E-state index contributed by atoms with van der Waals surface area (Å²) in [6.45, 7) is 8.38. The molecule has 11 amide bonds. The Morgan fingerprint density at radius 1 is 0.590 bits per heavy atom. The highest BCUT2D eigenvalue weighted by Crippen LogP contribution is 2.18. The third kappa shape index (κ3) is 29.3. The van der Waals surface area contributed by atoms with Gasteiger partial charge in [-0.15, -0.1) is 0 Å². The van der Waals surface area contributed by atoms with Crippen molar-refractivity contribution >= 4 is 70.8 Å². The van der Waals surface area contributed by atoms with Gasteiger partial charge in [-0.25, -0.2) is 0 Å². The first-order valence-electron chi connectivity index (χ1n) is 28.5. The van der Waals surface area contributed by atoms with Gasteiger partial charge in [0.15, 0.2) is 5.78 Å². The van der Waals surface area contributed by atoms with Crippen LogP contribution >= 0.6 is 0 Å². The van der Waals surface area contributed by atoms with Crippen LogP contribution in [0.2, 0.25) is 0 Å². The van der Waals surface area contributed by atoms with Crippen molar-refractivity contribution in [3.8, 4) is 5.75 Å². The minimum atomic E-state index is -1.51. The number of nitrogens with one attached hydrogen (secondary N) is 9. The topological polar surface area (TPSA) is 458 Å². The molecule has 0 aliphatic rings. The summed E-state index contributed by atoms with van der Waals surface area (Å²) in [7, 11) is 0. The molecule has 19 N–H and O–H groups in total. The number of aromatic hydroxyl groups is 1. The number of amides is 11. The molecule has 0 aliphatic heterocycles. The van der Waals surface area contributed by atoms with E-state index in [0.717, 1.165) is 0 Å². The molecule has 0 radical (unpaired) electrons. The summed E-state index contributed by atoms with van der Waals surface area (Å²) in [5.41, 5.74) is 22.2. The number of benzene rings is 1. The molecule has 0 heterocycles. The van der Waals surface area contributed by atoms with E-state index in [1.807, 2.05) is 19.1 Å². The number of phenols is 1. The summed E-state index contributed by atoms with van der Waals surface area (Å²) in [5.74, 6) is -8.93. The number of carbonyl (C=O) groups is 12. The second-order valence-electron chi connectivity index (χ2n) is 20.9. The van der Waals surface area contributed by atoms with Gasteiger partial charge in [0.1, 0.15) is 35.5 Å². The van der Waals surface area contributed by atoms with Crippen LogP contribution in [0.25, 0.3) is 0 Å². The van der Waals surface area contributed by atoms with Crippen LogP contribution in [0, 0.1) is 11.8 Å². The lowest BCUT2D eigenvalue weighted by molar-refractivity contribution is -0.134. The van der Waals surface area contributed by atoms with Crippen LogP contribution in [0.4, 0.5) is 0 Å². The van der Waals surface area contributed by atoms with Crippen molar-refractivity contribution in [3.05, 3.63) is 42.0 Å². The van der Waals surface area contributed by atoms with Gasteiger partial charge in [0.2, 0.25) is 65.0 Å². The van der Waals surface area contributed by atoms with Gasteiger partial charge < -0.3 is 81.0 Å². The van der Waals surface area contributed by atoms with Crippen molar-refractivity contribution in [2.24, 2.45) is 34.8 Å². The lowest BCUT2D eigenvalue weighted by Gasteiger charge is -2.30. The molecular formula is C56H93N13O14. The first kappa shape index (κ1) is 73.5. The van der Waals surface area contributed by atoms with Crippen molar-refractivity contribution < 1.29 is 67.7 Å². The Hall–Kier alpha value is -7.52. The monoisotopic (exact) mass is 1170 g/mol. The molecule has 1 rings (SSSR count). The van der Waals surface area contributed by atoms with Crippen LogP contribution in [0.5, 0.6) is 5.75 Å². The highest BCUT2D eigenvalue weighted by atomic mass is 16.3. The van der Waals surface area contributed by atoms with E-state index in [1.165, 1.54) is 19.1 Å². The highest BCUT2D eigenvalue weighted by molar-refractivity contribution is 5.97. The molecule has 0 saturated carbocycles. The van der Waals surface area contributed by atoms with E-state index in [-0.39, 0.29) is 68.8 Å². The van der Waals surface area contributed by atoms with E-state index in [9.17, 15) is 62.6 Å². The molecule has 0 bridgehead atoms. The number of rotatable bonds is 43. The molecule has 83 heavy (non-hydrogen) atoms. The Labute approximate surface area is 486 Å². The van der Waals surface area contributed by atoms with E-state index in [1.54, 1.807) is 39.8 Å². The number of hydrogen-bond donors (Lipinski definition) is 15. The number of ketones is 1. The highest BCUT2D eigenvalue weighted by Gasteiger charge is 2.36. The number of Topliss-reactive ketones (excluding diaryl/α,β-unsaturated/α-hetero) is 1. The number of primary amides is 2. The third-order valence-electron chi connectivity index (χ3n) is 14.0. The molecule has 0 spiro atoms. The molecule has 466 valence electrons. The smallest absolute Gasteiger partial charge is 0.243 e. The summed E-state index contributed by atoms with van der Waals surface area (Å²) in [5, 5.41) is 41.5. The maximum absolute atomic E-state index is 14.0. The third-order valence-corrected chi connectivity index (χ3v) is 14.0. The van der Waals surface area contributed by atoms with Crippen molar-refractivity contribution in [2.45, 2.75) is 186 Å². The molecule has 0 aromatic heterocycles. The molecule has 27 nitrogen and oxygen atoms in total. The summed E-state index contributed by atoms with van der Waals surface area (Å²) in [4.78, 5) is 156. The van der Waals surface area contributed by atoms with Crippen LogP contribution in [-0.2, 0) is 64.0 Å². The number of allylic oxidation sites excluding steroid dienone is 2. The molecular weight excluding hydrogens is 1080 g/mol. The summed E-state index contributed by atoms with van der Waals surface area (Å²) in [6.07, 6.45) is 7.02. The molecule has 1 unspecified atom stereocenters. The van der Waals surface area contributed by atoms with Crippen molar-refractivity contribution in [3.63, 3.8) is 0 Å². The fourth-order valence-electron chi connectivity index (χ4n) is 8.28. The maximum Gasteiger partial charge on any atom is 0.243 e. The fraction of sp³-hybridized carbons (Fsp3) is 0.643. The normalized spacial score (nSPS) is 14.8. The number of phenolic OH excluding ortho intramolecular Hbond substituents is 1. The standard InChI is InChI=1S/C56H93N13O14/c1-7-34(4)48(42(72)9-3)67-52(80)41(24-25-43(59)73)65-47(77)33-63-54(82)49(35(5)8-2)68-51(79)39(64-46(76)32-62-45(75)31-61-44(74)26-29-70)18-14-12-10-11-13-16-27-56(6,55(60)83)69-53(81)40(19-15-17-28-57)66-50(78)38(58)30-36-20-22-37(71)23-21-36/h10-11,20-23,34-35,38-41,48-49,70-71H,7-9,12-19,24-33,57-58H2,1-6H3,(H2,59,73)(H2,60,83)(H,61,74)(H,62,75)(H,63,82)(H,64,76)(H,65,77)(H,66,78)(H,67,80)(H,68,79)(H,69,81)/b11-10+/t34-,35-,38-,39?,40-,41-,48-,49-,56-/m0/s1. The number of carbonyl (C=O) groups excluding carboxylic acids is 12. The Morgan fingerprint density at radius 3 is 1.66 bits per heavy atom. The molecule has 1 aromatic rings. The minimum absolute atomic E-state index is 0.0251. The average Bonchev–Trinajstić information content (AvgIpc) is 3.44. The van der Waals surface area contributed by atoms with Gasteiger partial charge in [0.25, 0.3) is 0 Å². The summed E-state index contributed by atoms with van der Waals surface area (Å²) >= 11 is 0. The zero-order valence-corrected chi connectivity index (χ0v) is 49.0. The Kier molecular flexibility index (Phi) is 35.3. The van der Waals surface area contributed by atoms with Crippen LogP contribution in [0.3, 0.4) is 0 Å². The Bertz CT molecular complexity index is 2340. The van der Waals surface area contributed by atoms with Gasteiger partial charge in [0.05, 0.1) is 38.3 Å². The van der Waals surface area contributed by atoms with Gasteiger partial charge in [0, 0.05) is 19.3 Å². The largest absolute Gasteiger partial charge is 0.508 e. The second-order valence-corrected chi connectivity index (χ2v) is 20.9. The van der Waals surface area contributed by atoms with Crippen molar-refractivity contribution in [2.75, 3.05) is 32.8 Å². The van der Waals surface area contributed by atoms with Crippen LogP contribution < -0.4 is 70.8 Å². The van der Waals surface area contributed by atoms with E-state index >= 15 is 0 Å². The van der Waals surface area contributed by atoms with Gasteiger partial charge in [-0.1, -0.05) is 71.7 Å². The van der Waals surface area contributed by atoms with Crippen molar-refractivity contribution in [1.29, 1.82) is 0 Å². The van der Waals surface area contributed by atoms with Crippen LogP contribution in [-0.4, -0.2) is 156 Å². The molecule has 1 aromatic carbocycles. The van der Waals surface area contributed by atoms with Crippen LogP contribution in [0.1, 0.15) is 143 Å². The number of aliphatic hydroxyl groups excluding tert-OH is 1. The molecule has 0 fully saturated rings. The molecule has 0 aliphatic carbocycles. The number of unbranched alkanes of at least 4 members (excludes halogenated alkanes) is 3. The molecule has 9 atom stereocenters. The van der Waals surface area contributed by atoms with Gasteiger partial charge in [-0.2, -0.15) is 0 Å². The quantitative estimate of drug-likeness (QED) is 0.0252. The van der Waals surface area contributed by atoms with Gasteiger partial charge in [-0.05, 0) is 114 Å². The van der Waals surface area contributed by atoms with E-state index in [4.69, 9.17) is 28.0 Å². The van der Waals surface area contributed by atoms with E-state index in [2.05, 4.69) is 47.9 Å². The first-order valence-corrected chi connectivity index (χ1v) is 28.5. The number of aliphatic hydroxyl groups is 1. The summed E-state index contributed by atoms with van der Waals surface area (Å²) in [6, 6.07) is -0.555. The predicted molar refractivity (Wildman–Crippen MR) is 308 cm³/mol. The van der Waals surface area contributed by atoms with Crippen LogP contribution in [0.15, 0.2) is 36.4 Å². The second kappa shape index (κ2) is 39.8. The minimum Gasteiger partial charge on any atom is -0.508 e. The van der Waals surface area contributed by atoms with Gasteiger partial charge >= 0.3 is 0 Å². The maximum atomic E-state index is 14.0. The van der Waals surface area contributed by atoms with Crippen molar-refractivity contribution in [1.82, 2.24) is 47.9 Å². The Balaban J connectivity index is 3.16. The number of hydrogen-bond acceptors (Lipinski definition) is 16. The number of nitrogens with two attached hydrogens (primary N) is 4. The first-order chi connectivity index (χ1) is 39.2. The zero-order chi connectivity index (χ0) is 62.7. The fourth-order valence-corrected chi connectivity index (χ4v) is 8.28. The van der Waals surface area contributed by atoms with E-state index < -0.39 is 139 Å². The SMILES string of the molecule is CCC(=O)[C@@H](NC(=O)[C@H](CCC(N)=O)NC(=O)CNC(=O)[C@@H](NC(=O)C(CCC/C=C/CCC[C@](C)(NC(=O)[C@H](CCCCN)NC(=O)[C@@H](N)Cc1ccc(O)cc1)C(N)=O)NC(=O)CNC(=O)CNC(=O)CCO)[C@@H](C)CC)[C@@H](C)CC. The summed E-state index contributed by atoms with van der Waals surface area (Å²) < 4.78 is 0. The predicted octanol–water partition coefficient (Wildman–Crippen LogP) is -1.86. The average molecular weight is 1170 g/mol. The lowest BCUT2D eigenvalue weighted by Crippen LogP contribution is -2.60. The lowest BCUT2D eigenvalue weighted by atomic mass is 9.92. The zero-order valence-electron chi connectivity index (χ0n) is 49.0.